The van der Waals surface area contributed by atoms with Gasteiger partial charge in [0.15, 0.2) is 17.3 Å². The molecule has 1 aromatic carbocycles. The molecule has 0 aromatic heterocycles. The molecule has 1 aromatic rings. The fourth-order valence-electron chi connectivity index (χ4n) is 1.91. The molecule has 1 rings (SSSR count). The van der Waals surface area contributed by atoms with Crippen molar-refractivity contribution in [3.05, 3.63) is 23.8 Å². The molecule has 0 saturated heterocycles. The molecule has 0 spiro atoms. The molecule has 2 unspecified atom stereocenters. The van der Waals surface area contributed by atoms with Crippen molar-refractivity contribution < 1.29 is 24.2 Å². The van der Waals surface area contributed by atoms with E-state index in [-0.39, 0.29) is 5.78 Å². The average Bonchev–Trinajstić information content (AvgIpc) is 2.47. The molecule has 2 atom stereocenters. The van der Waals surface area contributed by atoms with E-state index in [0.717, 1.165) is 0 Å². The molecule has 5 heteroatoms. The zero-order chi connectivity index (χ0) is 16.0. The van der Waals surface area contributed by atoms with E-state index in [0.29, 0.717) is 30.3 Å². The average molecular weight is 294 g/mol. The number of ether oxygens (including phenoxy) is 2. The molecular weight excluding hydrogens is 272 g/mol. The first-order valence-electron chi connectivity index (χ1n) is 7.09. The van der Waals surface area contributed by atoms with Gasteiger partial charge in [-0.1, -0.05) is 13.8 Å². The van der Waals surface area contributed by atoms with Crippen molar-refractivity contribution in [3.8, 4) is 11.5 Å². The van der Waals surface area contributed by atoms with Crippen LogP contribution < -0.4 is 9.47 Å². The number of ketones is 1. The van der Waals surface area contributed by atoms with Gasteiger partial charge in [0.05, 0.1) is 19.1 Å². The summed E-state index contributed by atoms with van der Waals surface area (Å²) in [5.41, 5.74) is 0.433. The summed E-state index contributed by atoms with van der Waals surface area (Å²) in [5, 5.41) is 9.00. The van der Waals surface area contributed by atoms with Crippen molar-refractivity contribution >= 4 is 11.8 Å². The monoisotopic (exact) mass is 294 g/mol. The van der Waals surface area contributed by atoms with Crippen LogP contribution in [0.25, 0.3) is 0 Å². The predicted molar refractivity (Wildman–Crippen MR) is 79.1 cm³/mol. The number of hydrogen-bond donors (Lipinski definition) is 1. The Morgan fingerprint density at radius 1 is 1.05 bits per heavy atom. The zero-order valence-electron chi connectivity index (χ0n) is 12.9. The van der Waals surface area contributed by atoms with E-state index in [1.165, 1.54) is 6.92 Å². The summed E-state index contributed by atoms with van der Waals surface area (Å²) in [6.45, 7) is 7.82. The van der Waals surface area contributed by atoms with E-state index in [1.807, 2.05) is 13.8 Å². The smallest absolute Gasteiger partial charge is 0.306 e. The molecule has 5 nitrogen and oxygen atoms in total. The number of benzene rings is 1. The van der Waals surface area contributed by atoms with E-state index in [1.54, 1.807) is 25.1 Å². The quantitative estimate of drug-likeness (QED) is 0.746. The second-order valence-corrected chi connectivity index (χ2v) is 4.81. The number of hydrogen-bond acceptors (Lipinski definition) is 4. The van der Waals surface area contributed by atoms with Crippen molar-refractivity contribution in [2.75, 3.05) is 13.2 Å². The lowest BCUT2D eigenvalue weighted by molar-refractivity contribution is -0.142. The number of carbonyl (C=O) groups excluding carboxylic acids is 1. The minimum absolute atomic E-state index is 0.214. The van der Waals surface area contributed by atoms with Gasteiger partial charge in [-0.25, -0.2) is 0 Å². The second-order valence-electron chi connectivity index (χ2n) is 4.81. The van der Waals surface area contributed by atoms with E-state index in [9.17, 15) is 9.59 Å². The largest absolute Gasteiger partial charge is 0.490 e. The van der Waals surface area contributed by atoms with Crippen LogP contribution in [0.3, 0.4) is 0 Å². The maximum atomic E-state index is 12.4. The molecule has 0 bridgehead atoms. The SMILES string of the molecule is CCOc1ccc(C(=O)C(C)C(C)C(=O)O)cc1OCC. The van der Waals surface area contributed by atoms with E-state index in [2.05, 4.69) is 0 Å². The third-order valence-corrected chi connectivity index (χ3v) is 3.38. The van der Waals surface area contributed by atoms with Gasteiger partial charge in [-0.2, -0.15) is 0 Å². The van der Waals surface area contributed by atoms with E-state index in [4.69, 9.17) is 14.6 Å². The summed E-state index contributed by atoms with van der Waals surface area (Å²) in [6.07, 6.45) is 0. The Bertz CT molecular complexity index is 509. The first-order chi connectivity index (χ1) is 9.92. The van der Waals surface area contributed by atoms with Gasteiger partial charge in [-0.05, 0) is 32.0 Å². The van der Waals surface area contributed by atoms with Crippen LogP contribution >= 0.6 is 0 Å². The van der Waals surface area contributed by atoms with Crippen LogP contribution in [-0.2, 0) is 4.79 Å². The Balaban J connectivity index is 3.04. The topological polar surface area (TPSA) is 72.8 Å². The van der Waals surface area contributed by atoms with Crippen LogP contribution in [0.5, 0.6) is 11.5 Å². The van der Waals surface area contributed by atoms with Crippen LogP contribution in [0.2, 0.25) is 0 Å². The zero-order valence-corrected chi connectivity index (χ0v) is 12.9. The summed E-state index contributed by atoms with van der Waals surface area (Å²) < 4.78 is 10.9. The lowest BCUT2D eigenvalue weighted by Gasteiger charge is -2.16. The van der Waals surface area contributed by atoms with Gasteiger partial charge in [-0.15, -0.1) is 0 Å². The van der Waals surface area contributed by atoms with Gasteiger partial charge >= 0.3 is 5.97 Å². The number of carbonyl (C=O) groups is 2. The number of carboxylic acid groups (broad SMARTS) is 1. The molecule has 21 heavy (non-hydrogen) atoms. The van der Waals surface area contributed by atoms with Crippen LogP contribution in [0, 0.1) is 11.8 Å². The number of carboxylic acids is 1. The molecule has 0 aliphatic rings. The molecule has 0 aliphatic heterocycles. The maximum Gasteiger partial charge on any atom is 0.306 e. The van der Waals surface area contributed by atoms with E-state index < -0.39 is 17.8 Å². The molecular formula is C16H22O5. The lowest BCUT2D eigenvalue weighted by Crippen LogP contribution is -2.25. The van der Waals surface area contributed by atoms with Gasteiger partial charge in [-0.3, -0.25) is 9.59 Å². The highest BCUT2D eigenvalue weighted by molar-refractivity contribution is 6.00. The van der Waals surface area contributed by atoms with Crippen molar-refractivity contribution in [1.82, 2.24) is 0 Å². The molecule has 0 radical (unpaired) electrons. The predicted octanol–water partition coefficient (Wildman–Crippen LogP) is 3.02. The Labute approximate surface area is 124 Å². The lowest BCUT2D eigenvalue weighted by atomic mass is 9.88. The van der Waals surface area contributed by atoms with Gasteiger partial charge in [0, 0.05) is 11.5 Å². The van der Waals surface area contributed by atoms with Crippen LogP contribution in [-0.4, -0.2) is 30.1 Å². The Kier molecular flexibility index (Phi) is 6.21. The Morgan fingerprint density at radius 3 is 2.14 bits per heavy atom. The van der Waals surface area contributed by atoms with Crippen LogP contribution in [0.1, 0.15) is 38.1 Å². The van der Waals surface area contributed by atoms with Crippen LogP contribution in [0.4, 0.5) is 0 Å². The first-order valence-corrected chi connectivity index (χ1v) is 7.09. The third-order valence-electron chi connectivity index (χ3n) is 3.38. The fourth-order valence-corrected chi connectivity index (χ4v) is 1.91. The normalized spacial score (nSPS) is 13.3. The van der Waals surface area contributed by atoms with Crippen molar-refractivity contribution in [1.29, 1.82) is 0 Å². The number of Topliss-reactive ketones (excluding diaryl/α,β-unsaturated/α-hetero) is 1. The Hall–Kier alpha value is -2.04. The minimum atomic E-state index is -0.980. The van der Waals surface area contributed by atoms with Gasteiger partial charge < -0.3 is 14.6 Å². The molecule has 116 valence electrons. The van der Waals surface area contributed by atoms with Crippen molar-refractivity contribution in [2.24, 2.45) is 11.8 Å². The van der Waals surface area contributed by atoms with Crippen molar-refractivity contribution in [3.63, 3.8) is 0 Å². The Morgan fingerprint density at radius 2 is 1.62 bits per heavy atom. The second kappa shape index (κ2) is 7.67. The summed E-state index contributed by atoms with van der Waals surface area (Å²) in [4.78, 5) is 23.3. The van der Waals surface area contributed by atoms with E-state index >= 15 is 0 Å². The van der Waals surface area contributed by atoms with Gasteiger partial charge in [0.25, 0.3) is 0 Å². The molecule has 0 heterocycles. The summed E-state index contributed by atoms with van der Waals surface area (Å²) in [6, 6.07) is 4.93. The molecule has 0 aliphatic carbocycles. The standard InChI is InChI=1S/C16H22O5/c1-5-20-13-8-7-12(9-14(13)21-6-2)15(17)10(3)11(4)16(18)19/h7-11H,5-6H2,1-4H3,(H,18,19). The first kappa shape index (κ1) is 17.0. The molecule has 0 saturated carbocycles. The highest BCUT2D eigenvalue weighted by Crippen LogP contribution is 2.30. The number of rotatable bonds is 8. The summed E-state index contributed by atoms with van der Waals surface area (Å²) in [5.74, 6) is -1.45. The third kappa shape index (κ3) is 4.21. The molecule has 0 amide bonds. The number of aliphatic carboxylic acids is 1. The maximum absolute atomic E-state index is 12.4. The highest BCUT2D eigenvalue weighted by Gasteiger charge is 2.27. The van der Waals surface area contributed by atoms with Crippen molar-refractivity contribution in [2.45, 2.75) is 27.7 Å². The van der Waals surface area contributed by atoms with Gasteiger partial charge in [0.2, 0.25) is 0 Å². The molecule has 0 fully saturated rings. The highest BCUT2D eigenvalue weighted by atomic mass is 16.5. The summed E-state index contributed by atoms with van der Waals surface area (Å²) >= 11 is 0. The minimum Gasteiger partial charge on any atom is -0.490 e. The fraction of sp³-hybridized carbons (Fsp3) is 0.500. The summed E-state index contributed by atoms with van der Waals surface area (Å²) in [7, 11) is 0. The van der Waals surface area contributed by atoms with Gasteiger partial charge in [0.1, 0.15) is 0 Å². The van der Waals surface area contributed by atoms with Crippen LogP contribution in [0.15, 0.2) is 18.2 Å². The molecule has 1 N–H and O–H groups in total.